The number of hydrogen-bond acceptors (Lipinski definition) is 2. The van der Waals surface area contributed by atoms with Gasteiger partial charge in [0, 0.05) is 16.0 Å². The molecule has 1 atom stereocenters. The molecule has 0 bridgehead atoms. The van der Waals surface area contributed by atoms with Crippen LogP contribution in [0.2, 0.25) is 0 Å². The molecule has 1 nitrogen and oxygen atoms in total. The molecule has 20 heavy (non-hydrogen) atoms. The minimum Gasteiger partial charge on any atom is -0.384 e. The van der Waals surface area contributed by atoms with Crippen molar-refractivity contribution in [1.82, 2.24) is 0 Å². The van der Waals surface area contributed by atoms with E-state index in [1.807, 2.05) is 19.1 Å². The number of thiophene rings is 1. The van der Waals surface area contributed by atoms with Crippen molar-refractivity contribution in [2.45, 2.75) is 25.9 Å². The van der Waals surface area contributed by atoms with Gasteiger partial charge in [0.1, 0.15) is 0 Å². The van der Waals surface area contributed by atoms with Crippen molar-refractivity contribution in [3.8, 4) is 0 Å². The third kappa shape index (κ3) is 2.62. The van der Waals surface area contributed by atoms with Crippen molar-refractivity contribution in [2.24, 2.45) is 0 Å². The summed E-state index contributed by atoms with van der Waals surface area (Å²) < 4.78 is 1.23. The van der Waals surface area contributed by atoms with Crippen molar-refractivity contribution in [1.29, 1.82) is 0 Å². The number of rotatable bonds is 3. The lowest BCUT2D eigenvalue weighted by Crippen LogP contribution is -2.22. The number of fused-ring (bicyclic) bond motifs is 1. The Kier molecular flexibility index (Phi) is 3.36. The van der Waals surface area contributed by atoms with E-state index in [0.717, 1.165) is 10.4 Å². The minimum atomic E-state index is -0.820. The van der Waals surface area contributed by atoms with Crippen LogP contribution >= 0.6 is 11.3 Å². The second-order valence-electron chi connectivity index (χ2n) is 5.58. The smallest absolute Gasteiger partial charge is 0.1000 e. The Balaban J connectivity index is 1.92. The molecule has 0 radical (unpaired) electrons. The second kappa shape index (κ2) is 5.04. The van der Waals surface area contributed by atoms with Crippen LogP contribution in [0.5, 0.6) is 0 Å². The van der Waals surface area contributed by atoms with Gasteiger partial charge in [-0.2, -0.15) is 0 Å². The maximum atomic E-state index is 10.8. The Bertz CT molecular complexity index is 690. The van der Waals surface area contributed by atoms with Gasteiger partial charge in [-0.15, -0.1) is 11.3 Å². The predicted octanol–water partition coefficient (Wildman–Crippen LogP) is 4.66. The first-order valence-electron chi connectivity index (χ1n) is 6.82. The van der Waals surface area contributed by atoms with E-state index >= 15 is 0 Å². The number of aryl methyl sites for hydroxylation is 1. The van der Waals surface area contributed by atoms with Gasteiger partial charge in [-0.1, -0.05) is 48.0 Å². The van der Waals surface area contributed by atoms with E-state index in [9.17, 15) is 5.11 Å². The Morgan fingerprint density at radius 3 is 2.45 bits per heavy atom. The van der Waals surface area contributed by atoms with Crippen LogP contribution in [0.1, 0.15) is 22.9 Å². The highest BCUT2D eigenvalue weighted by molar-refractivity contribution is 7.19. The molecule has 0 saturated heterocycles. The van der Waals surface area contributed by atoms with Crippen LogP contribution in [0.15, 0.2) is 54.6 Å². The SMILES string of the molecule is Cc1ccc(CC(C)(O)c2cc3ccccc3s2)cc1. The third-order valence-corrected chi connectivity index (χ3v) is 4.99. The molecule has 3 aromatic rings. The van der Waals surface area contributed by atoms with Crippen molar-refractivity contribution in [3.05, 3.63) is 70.6 Å². The molecule has 1 heterocycles. The Morgan fingerprint density at radius 2 is 1.75 bits per heavy atom. The summed E-state index contributed by atoms with van der Waals surface area (Å²) in [4.78, 5) is 1.03. The molecule has 0 fully saturated rings. The fourth-order valence-corrected chi connectivity index (χ4v) is 3.54. The van der Waals surface area contributed by atoms with Gasteiger partial charge in [0.2, 0.25) is 0 Å². The van der Waals surface area contributed by atoms with E-state index in [4.69, 9.17) is 0 Å². The third-order valence-electron chi connectivity index (χ3n) is 3.63. The maximum absolute atomic E-state index is 10.8. The monoisotopic (exact) mass is 282 g/mol. The normalized spacial score (nSPS) is 14.3. The molecule has 0 aliphatic carbocycles. The van der Waals surface area contributed by atoms with E-state index < -0.39 is 5.60 Å². The molecule has 1 N–H and O–H groups in total. The fourth-order valence-electron chi connectivity index (χ4n) is 2.44. The van der Waals surface area contributed by atoms with Gasteiger partial charge in [-0.05, 0) is 36.9 Å². The quantitative estimate of drug-likeness (QED) is 0.740. The van der Waals surface area contributed by atoms with E-state index in [0.29, 0.717) is 6.42 Å². The number of benzene rings is 2. The molecule has 0 saturated carbocycles. The molecule has 2 heteroatoms. The zero-order chi connectivity index (χ0) is 14.2. The minimum absolute atomic E-state index is 0.639. The fraction of sp³-hybridized carbons (Fsp3) is 0.222. The highest BCUT2D eigenvalue weighted by Crippen LogP contribution is 2.35. The Labute approximate surface area is 123 Å². The van der Waals surface area contributed by atoms with E-state index in [1.54, 1.807) is 11.3 Å². The van der Waals surface area contributed by atoms with Gasteiger partial charge in [0.05, 0.1) is 5.60 Å². The summed E-state index contributed by atoms with van der Waals surface area (Å²) >= 11 is 1.68. The van der Waals surface area contributed by atoms with Gasteiger partial charge in [-0.25, -0.2) is 0 Å². The second-order valence-corrected chi connectivity index (χ2v) is 6.67. The molecule has 3 rings (SSSR count). The lowest BCUT2D eigenvalue weighted by Gasteiger charge is -2.22. The molecule has 102 valence electrons. The highest BCUT2D eigenvalue weighted by atomic mass is 32.1. The first-order valence-corrected chi connectivity index (χ1v) is 7.63. The van der Waals surface area contributed by atoms with Gasteiger partial charge in [-0.3, -0.25) is 0 Å². The number of hydrogen-bond donors (Lipinski definition) is 1. The van der Waals surface area contributed by atoms with Crippen molar-refractivity contribution in [2.75, 3.05) is 0 Å². The van der Waals surface area contributed by atoms with Crippen LogP contribution in [0.3, 0.4) is 0 Å². The lowest BCUT2D eigenvalue weighted by atomic mass is 9.94. The largest absolute Gasteiger partial charge is 0.384 e. The zero-order valence-electron chi connectivity index (χ0n) is 11.8. The molecular weight excluding hydrogens is 264 g/mol. The standard InChI is InChI=1S/C18H18OS/c1-13-7-9-14(10-8-13)12-18(2,19)17-11-15-5-3-4-6-16(15)20-17/h3-11,19H,12H2,1-2H3. The first kappa shape index (κ1) is 13.3. The van der Waals surface area contributed by atoms with Crippen molar-refractivity contribution in [3.63, 3.8) is 0 Å². The summed E-state index contributed by atoms with van der Waals surface area (Å²) in [5.41, 5.74) is 1.59. The summed E-state index contributed by atoms with van der Waals surface area (Å²) in [6.45, 7) is 3.98. The van der Waals surface area contributed by atoms with Gasteiger partial charge in [0.15, 0.2) is 0 Å². The van der Waals surface area contributed by atoms with Crippen LogP contribution in [0.4, 0.5) is 0 Å². The van der Waals surface area contributed by atoms with Crippen LogP contribution in [-0.4, -0.2) is 5.11 Å². The molecule has 1 unspecified atom stereocenters. The summed E-state index contributed by atoms with van der Waals surface area (Å²) in [6.07, 6.45) is 0.639. The van der Waals surface area contributed by atoms with Crippen LogP contribution < -0.4 is 0 Å². The van der Waals surface area contributed by atoms with Crippen molar-refractivity contribution < 1.29 is 5.11 Å². The highest BCUT2D eigenvalue weighted by Gasteiger charge is 2.25. The summed E-state index contributed by atoms with van der Waals surface area (Å²) in [7, 11) is 0. The molecule has 0 aliphatic heterocycles. The average molecular weight is 282 g/mol. The molecule has 2 aromatic carbocycles. The molecule has 0 aliphatic rings. The summed E-state index contributed by atoms with van der Waals surface area (Å²) in [5.74, 6) is 0. The maximum Gasteiger partial charge on any atom is 0.1000 e. The zero-order valence-corrected chi connectivity index (χ0v) is 12.6. The number of aliphatic hydroxyl groups is 1. The van der Waals surface area contributed by atoms with E-state index in [1.165, 1.54) is 15.6 Å². The van der Waals surface area contributed by atoms with E-state index in [-0.39, 0.29) is 0 Å². The lowest BCUT2D eigenvalue weighted by molar-refractivity contribution is 0.0616. The molecule has 1 aromatic heterocycles. The van der Waals surface area contributed by atoms with Crippen LogP contribution in [0, 0.1) is 6.92 Å². The molecule has 0 amide bonds. The molecular formula is C18H18OS. The van der Waals surface area contributed by atoms with Gasteiger partial charge >= 0.3 is 0 Å². The first-order chi connectivity index (χ1) is 9.54. The summed E-state index contributed by atoms with van der Waals surface area (Å²) in [5, 5.41) is 12.0. The topological polar surface area (TPSA) is 20.2 Å². The Hall–Kier alpha value is -1.64. The van der Waals surface area contributed by atoms with Gasteiger partial charge < -0.3 is 5.11 Å². The van der Waals surface area contributed by atoms with Gasteiger partial charge in [0.25, 0.3) is 0 Å². The summed E-state index contributed by atoms with van der Waals surface area (Å²) in [6, 6.07) is 18.8. The van der Waals surface area contributed by atoms with Crippen LogP contribution in [-0.2, 0) is 12.0 Å². The van der Waals surface area contributed by atoms with E-state index in [2.05, 4.69) is 49.4 Å². The van der Waals surface area contributed by atoms with Crippen molar-refractivity contribution >= 4 is 21.4 Å². The van der Waals surface area contributed by atoms with Crippen LogP contribution in [0.25, 0.3) is 10.1 Å². The Morgan fingerprint density at radius 1 is 1.05 bits per heavy atom. The molecule has 0 spiro atoms. The average Bonchev–Trinajstić information content (AvgIpc) is 2.86. The predicted molar refractivity (Wildman–Crippen MR) is 86.3 cm³/mol.